The van der Waals surface area contributed by atoms with Crippen molar-refractivity contribution in [2.24, 2.45) is 0 Å². The molecular formula is C34H20. The van der Waals surface area contributed by atoms with Crippen molar-refractivity contribution in [2.45, 2.75) is 0 Å². The van der Waals surface area contributed by atoms with Crippen LogP contribution in [0, 0.1) is 11.8 Å². The van der Waals surface area contributed by atoms with Crippen LogP contribution in [-0.4, -0.2) is 0 Å². The summed E-state index contributed by atoms with van der Waals surface area (Å²) >= 11 is 0. The summed E-state index contributed by atoms with van der Waals surface area (Å²) in [6.45, 7) is 4.05. The molecule has 0 fully saturated rings. The maximum absolute atomic E-state index is 4.05. The van der Waals surface area contributed by atoms with Gasteiger partial charge in [0.25, 0.3) is 0 Å². The van der Waals surface area contributed by atoms with Crippen LogP contribution >= 0.6 is 0 Å². The highest BCUT2D eigenvalue weighted by Crippen LogP contribution is 2.35. The van der Waals surface area contributed by atoms with E-state index in [2.05, 4.69) is 115 Å². The van der Waals surface area contributed by atoms with E-state index in [4.69, 9.17) is 0 Å². The molecule has 7 aromatic rings. The summed E-state index contributed by atoms with van der Waals surface area (Å²) in [6, 6.07) is 34.8. The van der Waals surface area contributed by atoms with Crippen LogP contribution in [0.1, 0.15) is 11.1 Å². The first-order valence-corrected chi connectivity index (χ1v) is 11.6. The van der Waals surface area contributed by atoms with Gasteiger partial charge >= 0.3 is 0 Å². The fourth-order valence-corrected chi connectivity index (χ4v) is 5.46. The second-order valence-corrected chi connectivity index (χ2v) is 8.85. The summed E-state index contributed by atoms with van der Waals surface area (Å²) < 4.78 is 0. The van der Waals surface area contributed by atoms with E-state index in [0.717, 1.165) is 16.3 Å². The van der Waals surface area contributed by atoms with Crippen LogP contribution in [0.4, 0.5) is 0 Å². The molecule has 0 aromatic heterocycles. The Morgan fingerprint density at radius 2 is 1.09 bits per heavy atom. The summed E-state index contributed by atoms with van der Waals surface area (Å²) in [4.78, 5) is 0. The molecule has 7 rings (SSSR count). The van der Waals surface area contributed by atoms with Crippen molar-refractivity contribution in [3.8, 4) is 11.8 Å². The molecule has 0 atom stereocenters. The van der Waals surface area contributed by atoms with Gasteiger partial charge in [-0.2, -0.15) is 0 Å². The predicted octanol–water partition coefficient (Wildman–Crippen LogP) is 8.08. The number of hydrogen-bond donors (Lipinski definition) is 0. The molecule has 0 aliphatic heterocycles. The van der Waals surface area contributed by atoms with Gasteiger partial charge in [0.15, 0.2) is 0 Å². The molecule has 0 unspecified atom stereocenters. The summed E-state index contributed by atoms with van der Waals surface area (Å²) in [6.07, 6.45) is 3.99. The molecule has 0 radical (unpaired) electrons. The standard InChI is InChI=1S/C34H20/c1-2-22-12-14-25-8-4-9-26-17-16-24(31(22)32(25)26)7-3-6-23-13-15-29-19-18-27-10-5-11-28-20-21-30(23)34(29)33(27)28/h2,4-5,7-21H,1H2. The zero-order valence-electron chi connectivity index (χ0n) is 18.6. The lowest BCUT2D eigenvalue weighted by Crippen LogP contribution is -2.03. The van der Waals surface area contributed by atoms with Crippen LogP contribution in [0.25, 0.3) is 66.0 Å². The molecule has 0 N–H and O–H groups in total. The first kappa shape index (κ1) is 18.9. The number of rotatable bonds is 1. The molecule has 0 spiro atoms. The minimum atomic E-state index is 1.06. The Balaban J connectivity index is 1.47. The van der Waals surface area contributed by atoms with E-state index >= 15 is 0 Å². The van der Waals surface area contributed by atoms with Gasteiger partial charge in [-0.05, 0) is 76.8 Å². The Kier molecular flexibility index (Phi) is 4.01. The van der Waals surface area contributed by atoms with E-state index in [1.165, 1.54) is 53.9 Å². The maximum Gasteiger partial charge on any atom is 0.0327 e. The molecule has 0 heterocycles. The maximum atomic E-state index is 4.05. The van der Waals surface area contributed by atoms with Gasteiger partial charge in [-0.25, -0.2) is 0 Å². The van der Waals surface area contributed by atoms with Crippen molar-refractivity contribution < 1.29 is 0 Å². The molecule has 0 aliphatic rings. The summed E-state index contributed by atoms with van der Waals surface area (Å²) in [5.41, 5.74) is 2.20. The van der Waals surface area contributed by atoms with Crippen molar-refractivity contribution in [1.82, 2.24) is 0 Å². The third-order valence-corrected chi connectivity index (χ3v) is 7.02. The third kappa shape index (κ3) is 2.68. The first-order valence-electron chi connectivity index (χ1n) is 11.6. The summed E-state index contributed by atoms with van der Waals surface area (Å²) in [5, 5.41) is 13.8. The number of benzene rings is 7. The van der Waals surface area contributed by atoms with Crippen molar-refractivity contribution in [3.63, 3.8) is 0 Å². The van der Waals surface area contributed by atoms with Crippen LogP contribution in [0.3, 0.4) is 0 Å². The lowest BCUT2D eigenvalue weighted by Gasteiger charge is -2.11. The second-order valence-electron chi connectivity index (χ2n) is 8.85. The Labute approximate surface area is 197 Å². The molecule has 0 saturated carbocycles. The SMILES string of the molecule is C=Cc1ccc2cccc3ccc(=CC#Cc4ccc5ccc6cccc7ccc4c5c67)c1c23. The molecule has 0 amide bonds. The lowest BCUT2D eigenvalue weighted by atomic mass is 9.92. The highest BCUT2D eigenvalue weighted by molar-refractivity contribution is 6.24. The molecule has 0 bridgehead atoms. The second kappa shape index (κ2) is 7.20. The predicted molar refractivity (Wildman–Crippen MR) is 148 cm³/mol. The summed E-state index contributed by atoms with van der Waals surface area (Å²) in [7, 11) is 0. The topological polar surface area (TPSA) is 0 Å². The van der Waals surface area contributed by atoms with E-state index in [0.29, 0.717) is 0 Å². The van der Waals surface area contributed by atoms with Gasteiger partial charge in [-0.15, -0.1) is 0 Å². The van der Waals surface area contributed by atoms with Gasteiger partial charge in [-0.1, -0.05) is 115 Å². The minimum Gasteiger partial charge on any atom is -0.0984 e. The average molecular weight is 429 g/mol. The number of hydrogen-bond acceptors (Lipinski definition) is 0. The van der Waals surface area contributed by atoms with Gasteiger partial charge in [0.2, 0.25) is 0 Å². The van der Waals surface area contributed by atoms with Crippen molar-refractivity contribution in [2.75, 3.05) is 0 Å². The Morgan fingerprint density at radius 1 is 0.529 bits per heavy atom. The average Bonchev–Trinajstić information content (AvgIpc) is 2.89. The first-order chi connectivity index (χ1) is 16.8. The molecular weight excluding hydrogens is 408 g/mol. The molecule has 156 valence electrons. The Bertz CT molecular complexity index is 1990. The fraction of sp³-hybridized carbons (Fsp3) is 0. The van der Waals surface area contributed by atoms with E-state index in [-0.39, 0.29) is 0 Å². The van der Waals surface area contributed by atoms with Crippen LogP contribution < -0.4 is 5.22 Å². The molecule has 7 aromatic carbocycles. The van der Waals surface area contributed by atoms with Crippen LogP contribution in [-0.2, 0) is 0 Å². The third-order valence-electron chi connectivity index (χ3n) is 7.02. The Morgan fingerprint density at radius 3 is 1.79 bits per heavy atom. The van der Waals surface area contributed by atoms with Crippen LogP contribution in [0.15, 0.2) is 104 Å². The van der Waals surface area contributed by atoms with E-state index in [1.54, 1.807) is 0 Å². The van der Waals surface area contributed by atoms with E-state index < -0.39 is 0 Å². The van der Waals surface area contributed by atoms with Crippen LogP contribution in [0.5, 0.6) is 0 Å². The Hall–Kier alpha value is -4.60. The normalized spacial score (nSPS) is 12.2. The highest BCUT2D eigenvalue weighted by atomic mass is 14.1. The van der Waals surface area contributed by atoms with Gasteiger partial charge in [0.1, 0.15) is 0 Å². The summed E-state index contributed by atoms with van der Waals surface area (Å²) in [5.74, 6) is 6.83. The largest absolute Gasteiger partial charge is 0.0984 e. The van der Waals surface area contributed by atoms with Gasteiger partial charge in [-0.3, -0.25) is 0 Å². The zero-order valence-corrected chi connectivity index (χ0v) is 18.6. The lowest BCUT2D eigenvalue weighted by molar-refractivity contribution is 1.68. The zero-order chi connectivity index (χ0) is 22.6. The van der Waals surface area contributed by atoms with Gasteiger partial charge < -0.3 is 0 Å². The fourth-order valence-electron chi connectivity index (χ4n) is 5.46. The van der Waals surface area contributed by atoms with Crippen molar-refractivity contribution in [1.29, 1.82) is 0 Å². The van der Waals surface area contributed by atoms with E-state index in [1.807, 2.05) is 12.2 Å². The molecule has 0 heteroatoms. The van der Waals surface area contributed by atoms with E-state index in [9.17, 15) is 0 Å². The monoisotopic (exact) mass is 428 g/mol. The van der Waals surface area contributed by atoms with Crippen molar-refractivity contribution in [3.05, 3.63) is 120 Å². The minimum absolute atomic E-state index is 1.06. The highest BCUT2D eigenvalue weighted by Gasteiger charge is 2.10. The molecule has 34 heavy (non-hydrogen) atoms. The molecule has 0 nitrogen and oxygen atoms in total. The van der Waals surface area contributed by atoms with Crippen molar-refractivity contribution >= 4 is 66.0 Å². The molecule has 0 saturated heterocycles. The smallest absolute Gasteiger partial charge is 0.0327 e. The van der Waals surface area contributed by atoms with Gasteiger partial charge in [0.05, 0.1) is 0 Å². The molecule has 0 aliphatic carbocycles. The quantitative estimate of drug-likeness (QED) is 0.183. The van der Waals surface area contributed by atoms with Gasteiger partial charge in [0, 0.05) is 5.56 Å². The van der Waals surface area contributed by atoms with Crippen LogP contribution in [0.2, 0.25) is 0 Å².